The number of aryl methyl sites for hydroxylation is 1. The van der Waals surface area contributed by atoms with Crippen LogP contribution in [-0.2, 0) is 16.0 Å². The summed E-state index contributed by atoms with van der Waals surface area (Å²) in [5, 5.41) is 1.24. The molecule has 0 saturated carbocycles. The van der Waals surface area contributed by atoms with Crippen LogP contribution in [0.2, 0.25) is 0 Å². The number of fused-ring (bicyclic) bond motifs is 3. The second kappa shape index (κ2) is 3.91. The summed E-state index contributed by atoms with van der Waals surface area (Å²) in [5.41, 5.74) is 3.47. The molecule has 1 atom stereocenters. The molecule has 3 heteroatoms. The highest BCUT2D eigenvalue weighted by atomic mass is 16.5. The van der Waals surface area contributed by atoms with Gasteiger partial charge in [0, 0.05) is 16.6 Å². The van der Waals surface area contributed by atoms with Crippen LogP contribution < -0.4 is 0 Å². The summed E-state index contributed by atoms with van der Waals surface area (Å²) in [5.74, 6) is -0.199. The molecule has 0 saturated heterocycles. The van der Waals surface area contributed by atoms with Crippen molar-refractivity contribution >= 4 is 16.9 Å². The van der Waals surface area contributed by atoms with Gasteiger partial charge in [-0.3, -0.25) is 4.79 Å². The Morgan fingerprint density at radius 2 is 2.29 bits per heavy atom. The number of hydrogen-bond donors (Lipinski definition) is 1. The lowest BCUT2D eigenvalue weighted by Crippen LogP contribution is -2.13. The van der Waals surface area contributed by atoms with Gasteiger partial charge in [0.05, 0.1) is 12.5 Å². The fourth-order valence-corrected chi connectivity index (χ4v) is 2.70. The second-order valence-corrected chi connectivity index (χ2v) is 4.41. The number of esters is 1. The van der Waals surface area contributed by atoms with E-state index in [-0.39, 0.29) is 11.9 Å². The molecule has 1 aliphatic carbocycles. The number of hydrogen-bond acceptors (Lipinski definition) is 2. The Hall–Kier alpha value is -1.77. The molecule has 0 bridgehead atoms. The number of ether oxygens (including phenoxy) is 1. The summed E-state index contributed by atoms with van der Waals surface area (Å²) < 4.78 is 5.12. The number of aromatic amines is 1. The van der Waals surface area contributed by atoms with E-state index in [9.17, 15) is 4.79 Å². The van der Waals surface area contributed by atoms with Gasteiger partial charge in [0.1, 0.15) is 0 Å². The van der Waals surface area contributed by atoms with Crippen molar-refractivity contribution in [3.8, 4) is 0 Å². The van der Waals surface area contributed by atoms with E-state index < -0.39 is 0 Å². The molecule has 1 aromatic heterocycles. The quantitative estimate of drug-likeness (QED) is 0.804. The van der Waals surface area contributed by atoms with E-state index in [1.165, 1.54) is 10.9 Å². The fraction of sp³-hybridized carbons (Fsp3) is 0.357. The number of carbonyl (C=O) groups excluding carboxylic acids is 1. The minimum Gasteiger partial charge on any atom is -0.465 e. The van der Waals surface area contributed by atoms with Crippen molar-refractivity contribution in [3.05, 3.63) is 35.5 Å². The summed E-state index contributed by atoms with van der Waals surface area (Å²) in [4.78, 5) is 15.2. The highest BCUT2D eigenvalue weighted by Crippen LogP contribution is 2.38. The molecular weight excluding hydrogens is 214 g/mol. The van der Waals surface area contributed by atoms with E-state index in [1.54, 1.807) is 0 Å². The summed E-state index contributed by atoms with van der Waals surface area (Å²) in [7, 11) is 0. The fourth-order valence-electron chi connectivity index (χ4n) is 2.70. The third kappa shape index (κ3) is 1.54. The van der Waals surface area contributed by atoms with Crippen molar-refractivity contribution < 1.29 is 9.53 Å². The Bertz CT molecular complexity index is 571. The molecule has 17 heavy (non-hydrogen) atoms. The molecule has 1 heterocycles. The zero-order valence-corrected chi connectivity index (χ0v) is 9.82. The van der Waals surface area contributed by atoms with Gasteiger partial charge in [-0.2, -0.15) is 0 Å². The van der Waals surface area contributed by atoms with Gasteiger partial charge < -0.3 is 9.72 Å². The van der Waals surface area contributed by atoms with E-state index in [0.717, 1.165) is 24.1 Å². The number of H-pyrrole nitrogens is 1. The first-order valence-corrected chi connectivity index (χ1v) is 6.07. The largest absolute Gasteiger partial charge is 0.465 e. The molecule has 1 aliphatic rings. The maximum Gasteiger partial charge on any atom is 0.314 e. The van der Waals surface area contributed by atoms with E-state index in [0.29, 0.717) is 6.61 Å². The van der Waals surface area contributed by atoms with Gasteiger partial charge in [-0.15, -0.1) is 0 Å². The van der Waals surface area contributed by atoms with Crippen molar-refractivity contribution in [2.24, 2.45) is 0 Å². The molecule has 3 rings (SSSR count). The number of rotatable bonds is 2. The monoisotopic (exact) mass is 229 g/mol. The number of benzene rings is 1. The van der Waals surface area contributed by atoms with Crippen molar-refractivity contribution in [2.75, 3.05) is 6.61 Å². The molecule has 1 N–H and O–H groups in total. The minimum absolute atomic E-state index is 0.0993. The smallest absolute Gasteiger partial charge is 0.314 e. The lowest BCUT2D eigenvalue weighted by atomic mass is 10.1. The van der Waals surface area contributed by atoms with Crippen molar-refractivity contribution in [3.63, 3.8) is 0 Å². The van der Waals surface area contributed by atoms with E-state index >= 15 is 0 Å². The Balaban J connectivity index is 2.05. The van der Waals surface area contributed by atoms with Crippen molar-refractivity contribution in [1.29, 1.82) is 0 Å². The maximum atomic E-state index is 11.8. The van der Waals surface area contributed by atoms with E-state index in [1.807, 2.05) is 19.1 Å². The first-order valence-electron chi connectivity index (χ1n) is 6.07. The first kappa shape index (κ1) is 10.4. The van der Waals surface area contributed by atoms with Crippen LogP contribution in [0.4, 0.5) is 0 Å². The van der Waals surface area contributed by atoms with Crippen LogP contribution in [0.1, 0.15) is 30.5 Å². The minimum atomic E-state index is -0.0997. The molecule has 0 amide bonds. The Morgan fingerprint density at radius 1 is 1.47 bits per heavy atom. The molecule has 0 aliphatic heterocycles. The standard InChI is InChI=1S/C14H15NO2/c1-2-17-14(16)11-8-7-10-9-5-3-4-6-12(9)15-13(10)11/h3-6,11,15H,2,7-8H2,1H3. The van der Waals surface area contributed by atoms with Crippen LogP contribution in [0.15, 0.2) is 24.3 Å². The Kier molecular flexibility index (Phi) is 2.39. The highest BCUT2D eigenvalue weighted by molar-refractivity contribution is 5.89. The normalized spacial score (nSPS) is 18.3. The van der Waals surface area contributed by atoms with Crippen LogP contribution in [-0.4, -0.2) is 17.6 Å². The summed E-state index contributed by atoms with van der Waals surface area (Å²) in [6.07, 6.45) is 1.83. The van der Waals surface area contributed by atoms with Crippen LogP contribution in [0.5, 0.6) is 0 Å². The van der Waals surface area contributed by atoms with Gasteiger partial charge in [-0.25, -0.2) is 0 Å². The summed E-state index contributed by atoms with van der Waals surface area (Å²) in [6.45, 7) is 2.30. The van der Waals surface area contributed by atoms with Gasteiger partial charge >= 0.3 is 5.97 Å². The molecular formula is C14H15NO2. The lowest BCUT2D eigenvalue weighted by Gasteiger charge is -2.08. The number of aromatic nitrogens is 1. The average Bonchev–Trinajstić information content (AvgIpc) is 2.87. The van der Waals surface area contributed by atoms with E-state index in [4.69, 9.17) is 4.74 Å². The summed E-state index contributed by atoms with van der Waals surface area (Å²) in [6, 6.07) is 8.20. The first-order chi connectivity index (χ1) is 8.31. The molecule has 0 radical (unpaired) electrons. The van der Waals surface area contributed by atoms with Gasteiger partial charge in [-0.1, -0.05) is 18.2 Å². The van der Waals surface area contributed by atoms with Crippen LogP contribution >= 0.6 is 0 Å². The maximum absolute atomic E-state index is 11.8. The predicted molar refractivity (Wildman–Crippen MR) is 66.0 cm³/mol. The number of nitrogens with one attached hydrogen (secondary N) is 1. The molecule has 0 fully saturated rings. The third-order valence-corrected chi connectivity index (χ3v) is 3.45. The topological polar surface area (TPSA) is 42.1 Å². The third-order valence-electron chi connectivity index (χ3n) is 3.45. The molecule has 2 aromatic rings. The SMILES string of the molecule is CCOC(=O)C1CCc2c1[nH]c1ccccc21. The van der Waals surface area contributed by atoms with Crippen LogP contribution in [0.3, 0.4) is 0 Å². The van der Waals surface area contributed by atoms with E-state index in [2.05, 4.69) is 17.1 Å². The summed E-state index contributed by atoms with van der Waals surface area (Å²) >= 11 is 0. The molecule has 0 spiro atoms. The van der Waals surface area contributed by atoms with Gasteiger partial charge in [0.15, 0.2) is 0 Å². The second-order valence-electron chi connectivity index (χ2n) is 4.41. The zero-order chi connectivity index (χ0) is 11.8. The number of carbonyl (C=O) groups is 1. The molecule has 1 unspecified atom stereocenters. The van der Waals surface area contributed by atoms with Gasteiger partial charge in [0.25, 0.3) is 0 Å². The van der Waals surface area contributed by atoms with Gasteiger partial charge in [-0.05, 0) is 31.4 Å². The molecule has 3 nitrogen and oxygen atoms in total. The lowest BCUT2D eigenvalue weighted by molar-refractivity contribution is -0.144. The molecule has 1 aromatic carbocycles. The number of para-hydroxylation sites is 1. The van der Waals surface area contributed by atoms with Crippen molar-refractivity contribution in [1.82, 2.24) is 4.98 Å². The van der Waals surface area contributed by atoms with Crippen molar-refractivity contribution in [2.45, 2.75) is 25.7 Å². The Morgan fingerprint density at radius 3 is 3.12 bits per heavy atom. The zero-order valence-electron chi connectivity index (χ0n) is 9.82. The average molecular weight is 229 g/mol. The highest BCUT2D eigenvalue weighted by Gasteiger charge is 2.32. The van der Waals surface area contributed by atoms with Gasteiger partial charge in [0.2, 0.25) is 0 Å². The van der Waals surface area contributed by atoms with Crippen LogP contribution in [0, 0.1) is 0 Å². The molecule has 88 valence electrons. The predicted octanol–water partition coefficient (Wildman–Crippen LogP) is 2.76. The van der Waals surface area contributed by atoms with Crippen LogP contribution in [0.25, 0.3) is 10.9 Å². The Labute approximate surface area is 99.8 Å².